The zero-order valence-corrected chi connectivity index (χ0v) is 25.5. The van der Waals surface area contributed by atoms with E-state index in [1.54, 1.807) is 0 Å². The largest absolute Gasteiger partial charge is 0.457 e. The van der Waals surface area contributed by atoms with Crippen molar-refractivity contribution in [3.63, 3.8) is 0 Å². The van der Waals surface area contributed by atoms with E-state index in [1.807, 2.05) is 12.1 Å². The monoisotopic (exact) mass is 735 g/mol. The molecule has 180 valence electrons. The van der Waals surface area contributed by atoms with Crippen molar-refractivity contribution in [2.75, 3.05) is 4.90 Å². The van der Waals surface area contributed by atoms with Gasteiger partial charge in [0.15, 0.2) is 0 Å². The van der Waals surface area contributed by atoms with E-state index in [0.717, 1.165) is 57.6 Å². The lowest BCUT2D eigenvalue weighted by atomic mass is 9.61. The summed E-state index contributed by atoms with van der Waals surface area (Å²) in [5, 5.41) is 0. The first kappa shape index (κ1) is 23.7. The molecule has 2 nitrogen and oxygen atoms in total. The molecule has 0 aliphatic carbocycles. The third-order valence-corrected chi connectivity index (χ3v) is 9.11. The smallest absolute Gasteiger partial charge is 0.132 e. The van der Waals surface area contributed by atoms with Gasteiger partial charge in [0.05, 0.1) is 16.8 Å². The average Bonchev–Trinajstić information content (AvgIpc) is 2.90. The highest BCUT2D eigenvalue weighted by Crippen LogP contribution is 2.63. The molecule has 2 aliphatic heterocycles. The van der Waals surface area contributed by atoms with Gasteiger partial charge in [0.25, 0.3) is 0 Å². The molecule has 2 heterocycles. The maximum atomic E-state index is 6.54. The molecule has 6 heteroatoms. The van der Waals surface area contributed by atoms with Gasteiger partial charge in [-0.3, -0.25) is 0 Å². The highest BCUT2D eigenvalue weighted by atomic mass is 79.9. The van der Waals surface area contributed by atoms with Crippen LogP contribution in [0.5, 0.6) is 11.5 Å². The summed E-state index contributed by atoms with van der Waals surface area (Å²) in [5.41, 5.74) is 7.29. The molecule has 0 radical (unpaired) electrons. The first-order valence-corrected chi connectivity index (χ1v) is 14.9. The predicted molar refractivity (Wildman–Crippen MR) is 164 cm³/mol. The fraction of sp³-hybridized carbons (Fsp3) is 0.0323. The quantitative estimate of drug-likeness (QED) is 0.166. The minimum absolute atomic E-state index is 0.625. The first-order chi connectivity index (χ1) is 18.0. The molecule has 2 aliphatic rings. The van der Waals surface area contributed by atoms with E-state index in [9.17, 15) is 0 Å². The second-order valence-electron chi connectivity index (χ2n) is 9.13. The summed E-state index contributed by atoms with van der Waals surface area (Å²) in [6.45, 7) is 0. The summed E-state index contributed by atoms with van der Waals surface area (Å²) in [6.07, 6.45) is 0. The van der Waals surface area contributed by atoms with Gasteiger partial charge in [-0.25, -0.2) is 0 Å². The second kappa shape index (κ2) is 8.84. The van der Waals surface area contributed by atoms with Crippen LogP contribution < -0.4 is 9.64 Å². The summed E-state index contributed by atoms with van der Waals surface area (Å²) < 4.78 is 10.6. The highest BCUT2D eigenvalue weighted by molar-refractivity contribution is 9.11. The molecule has 37 heavy (non-hydrogen) atoms. The van der Waals surface area contributed by atoms with Crippen LogP contribution >= 0.6 is 63.7 Å². The molecule has 5 aromatic carbocycles. The van der Waals surface area contributed by atoms with Gasteiger partial charge in [-0.05, 0) is 96.1 Å². The van der Waals surface area contributed by atoms with Crippen molar-refractivity contribution in [2.24, 2.45) is 0 Å². The Morgan fingerprint density at radius 2 is 0.919 bits per heavy atom. The van der Waals surface area contributed by atoms with Gasteiger partial charge >= 0.3 is 0 Å². The zero-order valence-electron chi connectivity index (χ0n) is 19.2. The third-order valence-electron chi connectivity index (χ3n) is 7.13. The van der Waals surface area contributed by atoms with Crippen LogP contribution in [0.15, 0.2) is 121 Å². The lowest BCUT2D eigenvalue weighted by Gasteiger charge is -2.48. The summed E-state index contributed by atoms with van der Waals surface area (Å²) in [5.74, 6) is 1.70. The maximum Gasteiger partial charge on any atom is 0.132 e. The molecule has 0 N–H and O–H groups in total. The number of anilines is 3. The van der Waals surface area contributed by atoms with Crippen LogP contribution in [0, 0.1) is 0 Å². The van der Waals surface area contributed by atoms with Gasteiger partial charge in [0.2, 0.25) is 0 Å². The minimum atomic E-state index is -0.625. The third kappa shape index (κ3) is 3.53. The fourth-order valence-electron chi connectivity index (χ4n) is 5.75. The van der Waals surface area contributed by atoms with Gasteiger partial charge in [-0.15, -0.1) is 0 Å². The molecule has 0 atom stereocenters. The average molecular weight is 739 g/mol. The Bertz CT molecular complexity index is 1610. The number of nitrogens with zero attached hydrogens (tertiary/aromatic N) is 1. The van der Waals surface area contributed by atoms with Crippen LogP contribution in [0.3, 0.4) is 0 Å². The second-order valence-corrected chi connectivity index (χ2v) is 12.8. The number of fused-ring (bicyclic) bond motifs is 8. The van der Waals surface area contributed by atoms with Crippen molar-refractivity contribution in [3.05, 3.63) is 143 Å². The maximum absolute atomic E-state index is 6.54. The Labute approximate surface area is 248 Å². The number of hydrogen-bond donors (Lipinski definition) is 0. The number of hydrogen-bond acceptors (Lipinski definition) is 2. The SMILES string of the molecule is Brc1ccc2c(c1)C1(c3cc(Br)ccc3O2)c2cc(Br)ccc2N(c2ccccc2)c2ccc(Br)cc21. The van der Waals surface area contributed by atoms with E-state index < -0.39 is 5.41 Å². The molecular weight excluding hydrogens is 722 g/mol. The van der Waals surface area contributed by atoms with Crippen molar-refractivity contribution >= 4 is 80.8 Å². The van der Waals surface area contributed by atoms with Gasteiger partial charge in [0.1, 0.15) is 11.5 Å². The van der Waals surface area contributed by atoms with Crippen LogP contribution in [-0.4, -0.2) is 0 Å². The molecule has 7 rings (SSSR count). The van der Waals surface area contributed by atoms with Gasteiger partial charge in [0, 0.05) is 34.7 Å². The van der Waals surface area contributed by atoms with E-state index in [1.165, 1.54) is 11.1 Å². The van der Waals surface area contributed by atoms with Crippen LogP contribution in [0.4, 0.5) is 17.1 Å². The molecule has 0 unspecified atom stereocenters. The Morgan fingerprint density at radius 1 is 0.486 bits per heavy atom. The fourth-order valence-corrected chi connectivity index (χ4v) is 7.19. The van der Waals surface area contributed by atoms with Crippen LogP contribution in [-0.2, 0) is 5.41 Å². The summed E-state index contributed by atoms with van der Waals surface area (Å²) in [7, 11) is 0. The lowest BCUT2D eigenvalue weighted by molar-refractivity contribution is 0.433. The Morgan fingerprint density at radius 3 is 1.41 bits per heavy atom. The predicted octanol–water partition coefficient (Wildman–Crippen LogP) is 11.0. The number of halogens is 4. The van der Waals surface area contributed by atoms with Crippen molar-refractivity contribution in [3.8, 4) is 11.5 Å². The van der Waals surface area contributed by atoms with Gasteiger partial charge in [-0.2, -0.15) is 0 Å². The molecule has 0 amide bonds. The van der Waals surface area contributed by atoms with E-state index in [0.29, 0.717) is 0 Å². The normalized spacial score (nSPS) is 14.3. The molecule has 0 saturated heterocycles. The number of para-hydroxylation sites is 1. The van der Waals surface area contributed by atoms with Gasteiger partial charge in [-0.1, -0.05) is 81.9 Å². The zero-order chi connectivity index (χ0) is 25.3. The number of benzene rings is 5. The Kier molecular flexibility index (Phi) is 5.67. The topological polar surface area (TPSA) is 12.5 Å². The Hall–Kier alpha value is -2.38. The van der Waals surface area contributed by atoms with Crippen molar-refractivity contribution in [1.82, 2.24) is 0 Å². The summed E-state index contributed by atoms with van der Waals surface area (Å²) in [6, 6.07) is 36.3. The Balaban J connectivity index is 1.71. The van der Waals surface area contributed by atoms with Crippen molar-refractivity contribution in [1.29, 1.82) is 0 Å². The molecule has 0 saturated carbocycles. The van der Waals surface area contributed by atoms with E-state index >= 15 is 0 Å². The van der Waals surface area contributed by atoms with Gasteiger partial charge < -0.3 is 9.64 Å². The van der Waals surface area contributed by atoms with E-state index in [4.69, 9.17) is 4.74 Å². The summed E-state index contributed by atoms with van der Waals surface area (Å²) >= 11 is 15.1. The lowest BCUT2D eigenvalue weighted by Crippen LogP contribution is -2.39. The number of rotatable bonds is 1. The first-order valence-electron chi connectivity index (χ1n) is 11.7. The van der Waals surface area contributed by atoms with Crippen molar-refractivity contribution in [2.45, 2.75) is 5.41 Å². The van der Waals surface area contributed by atoms with Crippen LogP contribution in [0.1, 0.15) is 22.3 Å². The van der Waals surface area contributed by atoms with Crippen molar-refractivity contribution < 1.29 is 4.74 Å². The van der Waals surface area contributed by atoms with Crippen LogP contribution in [0.25, 0.3) is 0 Å². The van der Waals surface area contributed by atoms with E-state index in [2.05, 4.69) is 160 Å². The molecule has 5 aromatic rings. The van der Waals surface area contributed by atoms with E-state index in [-0.39, 0.29) is 0 Å². The minimum Gasteiger partial charge on any atom is -0.457 e. The molecule has 0 bridgehead atoms. The van der Waals surface area contributed by atoms with Crippen LogP contribution in [0.2, 0.25) is 0 Å². The highest BCUT2D eigenvalue weighted by Gasteiger charge is 2.51. The summed E-state index contributed by atoms with van der Waals surface area (Å²) in [4.78, 5) is 2.36. The molecule has 0 fully saturated rings. The number of ether oxygens (including phenoxy) is 1. The standard InChI is InChI=1S/C31H17Br4NO/c32-18-6-10-27-23(14-18)31(24-15-19(33)7-11-28(24)36(27)22-4-2-1-3-5-22)25-16-20(34)8-12-29(25)37-30-13-9-21(35)17-26(30)31/h1-17H. The molecule has 0 aromatic heterocycles. The molecule has 1 spiro atoms. The molecular formula is C31H17Br4NO.